The molecule has 18 heavy (non-hydrogen) atoms. The van der Waals surface area contributed by atoms with Crippen LogP contribution in [0, 0.1) is 16.7 Å². The minimum absolute atomic E-state index is 0.0204. The van der Waals surface area contributed by atoms with Crippen molar-refractivity contribution in [2.24, 2.45) is 5.41 Å². The number of nitriles is 1. The lowest BCUT2D eigenvalue weighted by Gasteiger charge is -2.30. The lowest BCUT2D eigenvalue weighted by molar-refractivity contribution is -0.142. The molecule has 5 heteroatoms. The molecular formula is C13H23N3O2. The number of carbonyl (C=O) groups excluding carboxylic acids is 2. The Balaban J connectivity index is 5.06. The molecule has 0 aliphatic rings. The molecule has 0 saturated heterocycles. The third kappa shape index (κ3) is 3.73. The van der Waals surface area contributed by atoms with Gasteiger partial charge in [-0.3, -0.25) is 9.59 Å². The van der Waals surface area contributed by atoms with E-state index < -0.39 is 5.41 Å². The summed E-state index contributed by atoms with van der Waals surface area (Å²) in [4.78, 5) is 25.3. The fourth-order valence-corrected chi connectivity index (χ4v) is 1.84. The molecule has 0 saturated carbocycles. The van der Waals surface area contributed by atoms with Crippen molar-refractivity contribution < 1.29 is 9.59 Å². The second kappa shape index (κ2) is 7.70. The molecule has 0 aromatic rings. The van der Waals surface area contributed by atoms with Crippen molar-refractivity contribution in [2.75, 3.05) is 20.1 Å². The van der Waals surface area contributed by atoms with Crippen molar-refractivity contribution >= 4 is 11.8 Å². The summed E-state index contributed by atoms with van der Waals surface area (Å²) in [7, 11) is 1.54. The van der Waals surface area contributed by atoms with Crippen LogP contribution in [0.1, 0.15) is 40.0 Å². The third-order valence-electron chi connectivity index (χ3n) is 3.22. The third-order valence-corrected chi connectivity index (χ3v) is 3.22. The molecule has 5 nitrogen and oxygen atoms in total. The molecule has 0 aromatic carbocycles. The fraction of sp³-hybridized carbons (Fsp3) is 0.769. The molecule has 102 valence electrons. The minimum atomic E-state index is -0.997. The van der Waals surface area contributed by atoms with Gasteiger partial charge in [-0.1, -0.05) is 20.8 Å². The Morgan fingerprint density at radius 2 is 1.83 bits per heavy atom. The maximum Gasteiger partial charge on any atom is 0.243 e. The number of rotatable bonds is 7. The van der Waals surface area contributed by atoms with E-state index in [0.717, 1.165) is 6.42 Å². The molecule has 0 radical (unpaired) electrons. The standard InChI is InChI=1S/C13H23N3O2/c1-5-8-16(9-11(17)15-4)12(18)13(6-2,7-3)10-14/h5-9H2,1-4H3,(H,15,17). The van der Waals surface area contributed by atoms with Gasteiger partial charge in [0.1, 0.15) is 5.41 Å². The molecule has 0 spiro atoms. The van der Waals surface area contributed by atoms with Crippen LogP contribution in [0.5, 0.6) is 0 Å². The van der Waals surface area contributed by atoms with Gasteiger partial charge in [0.15, 0.2) is 0 Å². The van der Waals surface area contributed by atoms with E-state index in [1.165, 1.54) is 11.9 Å². The van der Waals surface area contributed by atoms with E-state index in [9.17, 15) is 14.9 Å². The van der Waals surface area contributed by atoms with Crippen molar-refractivity contribution in [3.8, 4) is 6.07 Å². The Morgan fingerprint density at radius 3 is 2.17 bits per heavy atom. The number of likely N-dealkylation sites (N-methyl/N-ethyl adjacent to an activating group) is 1. The van der Waals surface area contributed by atoms with E-state index >= 15 is 0 Å². The highest BCUT2D eigenvalue weighted by atomic mass is 16.2. The number of hydrogen-bond acceptors (Lipinski definition) is 3. The van der Waals surface area contributed by atoms with Crippen molar-refractivity contribution in [1.29, 1.82) is 5.26 Å². The van der Waals surface area contributed by atoms with Gasteiger partial charge in [0, 0.05) is 13.6 Å². The zero-order chi connectivity index (χ0) is 14.2. The molecule has 1 N–H and O–H groups in total. The van der Waals surface area contributed by atoms with E-state index in [4.69, 9.17) is 0 Å². The topological polar surface area (TPSA) is 73.2 Å². The molecule has 0 aliphatic heterocycles. The number of hydrogen-bond donors (Lipinski definition) is 1. The first-order chi connectivity index (χ1) is 8.51. The molecule has 0 unspecified atom stereocenters. The predicted molar refractivity (Wildman–Crippen MR) is 69.6 cm³/mol. The van der Waals surface area contributed by atoms with Crippen LogP contribution in [-0.2, 0) is 9.59 Å². The van der Waals surface area contributed by atoms with Gasteiger partial charge >= 0.3 is 0 Å². The second-order valence-corrected chi connectivity index (χ2v) is 4.30. The molecule has 0 aliphatic carbocycles. The van der Waals surface area contributed by atoms with Crippen LogP contribution >= 0.6 is 0 Å². The van der Waals surface area contributed by atoms with Gasteiger partial charge in [-0.2, -0.15) is 5.26 Å². The van der Waals surface area contributed by atoms with Gasteiger partial charge in [0.05, 0.1) is 12.6 Å². The maximum atomic E-state index is 12.4. The molecule has 0 fully saturated rings. The van der Waals surface area contributed by atoms with Gasteiger partial charge in [-0.25, -0.2) is 0 Å². The van der Waals surface area contributed by atoms with Gasteiger partial charge in [-0.15, -0.1) is 0 Å². The Bertz CT molecular complexity index is 330. The highest BCUT2D eigenvalue weighted by molar-refractivity contribution is 5.89. The zero-order valence-electron chi connectivity index (χ0n) is 11.7. The summed E-state index contributed by atoms with van der Waals surface area (Å²) in [6.07, 6.45) is 1.69. The number of amides is 2. The average Bonchev–Trinajstić information content (AvgIpc) is 2.40. The largest absolute Gasteiger partial charge is 0.358 e. The van der Waals surface area contributed by atoms with Crippen LogP contribution in [0.4, 0.5) is 0 Å². The molecule has 0 bridgehead atoms. The summed E-state index contributed by atoms with van der Waals surface area (Å²) >= 11 is 0. The SMILES string of the molecule is CCCN(CC(=O)NC)C(=O)C(C#N)(CC)CC. The summed E-state index contributed by atoms with van der Waals surface area (Å²) < 4.78 is 0. The Morgan fingerprint density at radius 1 is 1.28 bits per heavy atom. The van der Waals surface area contributed by atoms with E-state index in [-0.39, 0.29) is 18.4 Å². The van der Waals surface area contributed by atoms with Crippen LogP contribution in [0.2, 0.25) is 0 Å². The molecule has 0 atom stereocenters. The van der Waals surface area contributed by atoms with Gasteiger partial charge < -0.3 is 10.2 Å². The van der Waals surface area contributed by atoms with Gasteiger partial charge in [-0.05, 0) is 19.3 Å². The Hall–Kier alpha value is -1.57. The summed E-state index contributed by atoms with van der Waals surface area (Å²) in [5.74, 6) is -0.448. The second-order valence-electron chi connectivity index (χ2n) is 4.30. The predicted octanol–water partition coefficient (Wildman–Crippen LogP) is 1.30. The van der Waals surface area contributed by atoms with Crippen LogP contribution in [0.15, 0.2) is 0 Å². The van der Waals surface area contributed by atoms with Gasteiger partial charge in [0.25, 0.3) is 0 Å². The summed E-state index contributed by atoms with van der Waals surface area (Å²) in [5, 5.41) is 11.8. The first-order valence-electron chi connectivity index (χ1n) is 6.42. The van der Waals surface area contributed by atoms with Crippen molar-refractivity contribution in [3.63, 3.8) is 0 Å². The monoisotopic (exact) mass is 253 g/mol. The van der Waals surface area contributed by atoms with E-state index in [1.807, 2.05) is 20.8 Å². The zero-order valence-corrected chi connectivity index (χ0v) is 11.7. The van der Waals surface area contributed by atoms with Crippen molar-refractivity contribution in [2.45, 2.75) is 40.0 Å². The van der Waals surface area contributed by atoms with E-state index in [0.29, 0.717) is 19.4 Å². The van der Waals surface area contributed by atoms with Crippen molar-refractivity contribution in [1.82, 2.24) is 10.2 Å². The lowest BCUT2D eigenvalue weighted by Crippen LogP contribution is -2.47. The maximum absolute atomic E-state index is 12.4. The van der Waals surface area contributed by atoms with E-state index in [2.05, 4.69) is 11.4 Å². The van der Waals surface area contributed by atoms with Crippen LogP contribution in [-0.4, -0.2) is 36.9 Å². The van der Waals surface area contributed by atoms with Crippen LogP contribution < -0.4 is 5.32 Å². The number of carbonyl (C=O) groups is 2. The highest BCUT2D eigenvalue weighted by Crippen LogP contribution is 2.28. The molecule has 0 heterocycles. The average molecular weight is 253 g/mol. The Labute approximate surface area is 109 Å². The normalized spacial score (nSPS) is 10.6. The fourth-order valence-electron chi connectivity index (χ4n) is 1.84. The smallest absolute Gasteiger partial charge is 0.243 e. The molecule has 2 amide bonds. The molecule has 0 aromatic heterocycles. The van der Waals surface area contributed by atoms with Gasteiger partial charge in [0.2, 0.25) is 11.8 Å². The summed E-state index contributed by atoms with van der Waals surface area (Å²) in [6.45, 7) is 6.11. The first-order valence-corrected chi connectivity index (χ1v) is 6.42. The summed E-state index contributed by atoms with van der Waals surface area (Å²) in [6, 6.07) is 2.12. The first kappa shape index (κ1) is 16.4. The number of nitrogens with one attached hydrogen (secondary N) is 1. The molecule has 0 rings (SSSR count). The Kier molecular flexibility index (Phi) is 7.03. The van der Waals surface area contributed by atoms with Crippen molar-refractivity contribution in [3.05, 3.63) is 0 Å². The number of nitrogens with zero attached hydrogens (tertiary/aromatic N) is 2. The minimum Gasteiger partial charge on any atom is -0.358 e. The highest BCUT2D eigenvalue weighted by Gasteiger charge is 2.38. The molecular weight excluding hydrogens is 230 g/mol. The lowest BCUT2D eigenvalue weighted by atomic mass is 9.82. The van der Waals surface area contributed by atoms with E-state index in [1.54, 1.807) is 0 Å². The van der Waals surface area contributed by atoms with Crippen LogP contribution in [0.25, 0.3) is 0 Å². The van der Waals surface area contributed by atoms with Crippen LogP contribution in [0.3, 0.4) is 0 Å². The quantitative estimate of drug-likeness (QED) is 0.743. The summed E-state index contributed by atoms with van der Waals surface area (Å²) in [5.41, 5.74) is -0.997.